The molecule has 24 heavy (non-hydrogen) atoms. The Labute approximate surface area is 145 Å². The number of aryl methyl sites for hydroxylation is 3. The van der Waals surface area contributed by atoms with Crippen LogP contribution in [0.2, 0.25) is 0 Å². The second-order valence-electron chi connectivity index (χ2n) is 6.01. The van der Waals surface area contributed by atoms with Crippen molar-refractivity contribution in [1.29, 1.82) is 0 Å². The fraction of sp³-hybridized carbons (Fsp3) is 0.412. The summed E-state index contributed by atoms with van der Waals surface area (Å²) in [4.78, 5) is 21.9. The van der Waals surface area contributed by atoms with Gasteiger partial charge in [0.1, 0.15) is 0 Å². The molecule has 3 heterocycles. The van der Waals surface area contributed by atoms with Crippen LogP contribution in [0.3, 0.4) is 0 Å². The van der Waals surface area contributed by atoms with E-state index in [1.54, 1.807) is 23.0 Å². The maximum atomic E-state index is 12.2. The van der Waals surface area contributed by atoms with Gasteiger partial charge in [-0.2, -0.15) is 5.10 Å². The average Bonchev–Trinajstić information content (AvgIpc) is 3.16. The fourth-order valence-corrected chi connectivity index (χ4v) is 3.49. The van der Waals surface area contributed by atoms with Gasteiger partial charge in [-0.1, -0.05) is 0 Å². The Kier molecular flexibility index (Phi) is 4.62. The molecule has 3 aromatic rings. The zero-order valence-corrected chi connectivity index (χ0v) is 15.1. The van der Waals surface area contributed by atoms with Crippen LogP contribution in [0, 0.1) is 20.8 Å². The van der Waals surface area contributed by atoms with Crippen LogP contribution < -0.4 is 5.32 Å². The van der Waals surface area contributed by atoms with Gasteiger partial charge < -0.3 is 5.32 Å². The Hall–Kier alpha value is -2.28. The van der Waals surface area contributed by atoms with E-state index in [0.717, 1.165) is 33.2 Å². The summed E-state index contributed by atoms with van der Waals surface area (Å²) in [6.45, 7) is 7.95. The molecule has 0 saturated heterocycles. The number of carbonyl (C=O) groups excluding carboxylic acids is 1. The number of hydrogen-bond acceptors (Lipinski definition) is 5. The maximum Gasteiger partial charge on any atom is 0.220 e. The second-order valence-corrected chi connectivity index (χ2v) is 6.93. The van der Waals surface area contributed by atoms with Gasteiger partial charge in [-0.05, 0) is 39.7 Å². The minimum atomic E-state index is -0.0124. The van der Waals surface area contributed by atoms with E-state index in [1.807, 2.05) is 38.3 Å². The second kappa shape index (κ2) is 6.68. The molecule has 126 valence electrons. The van der Waals surface area contributed by atoms with Gasteiger partial charge >= 0.3 is 0 Å². The molecule has 1 atom stereocenters. The average molecular weight is 343 g/mol. The number of nitrogens with one attached hydrogen (secondary N) is 1. The van der Waals surface area contributed by atoms with Gasteiger partial charge in [-0.25, -0.2) is 9.50 Å². The number of aromatic nitrogens is 4. The molecule has 1 N–H and O–H groups in total. The molecule has 6 nitrogen and oxygen atoms in total. The predicted octanol–water partition coefficient (Wildman–Crippen LogP) is 2.92. The number of amides is 1. The lowest BCUT2D eigenvalue weighted by atomic mass is 10.1. The molecule has 0 fully saturated rings. The SMILES string of the molecule is Cc1cc2nc(C)c(CCC(=O)NC(C)c3cncs3)c(C)n2n1. The van der Waals surface area contributed by atoms with Crippen LogP contribution in [0.4, 0.5) is 0 Å². The molecular formula is C17H21N5OS. The molecular weight excluding hydrogens is 322 g/mol. The summed E-state index contributed by atoms with van der Waals surface area (Å²) in [7, 11) is 0. The van der Waals surface area contributed by atoms with Crippen LogP contribution in [0.15, 0.2) is 17.8 Å². The first-order chi connectivity index (χ1) is 11.5. The summed E-state index contributed by atoms with van der Waals surface area (Å²) in [5, 5.41) is 7.49. The van der Waals surface area contributed by atoms with Crippen LogP contribution in [0.25, 0.3) is 5.65 Å². The van der Waals surface area contributed by atoms with Crippen LogP contribution >= 0.6 is 11.3 Å². The molecule has 0 saturated carbocycles. The molecule has 7 heteroatoms. The monoisotopic (exact) mass is 343 g/mol. The van der Waals surface area contributed by atoms with Crippen molar-refractivity contribution in [2.75, 3.05) is 0 Å². The van der Waals surface area contributed by atoms with Crippen LogP contribution in [-0.2, 0) is 11.2 Å². The van der Waals surface area contributed by atoms with Crippen molar-refractivity contribution >= 4 is 22.9 Å². The van der Waals surface area contributed by atoms with Crippen molar-refractivity contribution in [3.05, 3.63) is 45.3 Å². The molecule has 1 unspecified atom stereocenters. The zero-order chi connectivity index (χ0) is 17.3. The summed E-state index contributed by atoms with van der Waals surface area (Å²) >= 11 is 1.55. The van der Waals surface area contributed by atoms with E-state index >= 15 is 0 Å². The largest absolute Gasteiger partial charge is 0.349 e. The summed E-state index contributed by atoms with van der Waals surface area (Å²) in [6, 6.07) is 1.95. The van der Waals surface area contributed by atoms with E-state index in [4.69, 9.17) is 0 Å². The Bertz CT molecular complexity index is 869. The van der Waals surface area contributed by atoms with Gasteiger partial charge in [0.25, 0.3) is 0 Å². The summed E-state index contributed by atoms with van der Waals surface area (Å²) in [5.41, 5.74) is 6.67. The Balaban J connectivity index is 1.70. The zero-order valence-electron chi connectivity index (χ0n) is 14.3. The molecule has 0 spiro atoms. The lowest BCUT2D eigenvalue weighted by Crippen LogP contribution is -2.26. The third-order valence-corrected chi connectivity index (χ3v) is 5.10. The molecule has 0 aliphatic rings. The van der Waals surface area contributed by atoms with Gasteiger partial charge in [-0.3, -0.25) is 9.78 Å². The number of fused-ring (bicyclic) bond motifs is 1. The number of thiazole rings is 1. The smallest absolute Gasteiger partial charge is 0.220 e. The molecule has 3 rings (SSSR count). The molecule has 0 radical (unpaired) electrons. The molecule has 1 amide bonds. The minimum absolute atomic E-state index is 0.0124. The first kappa shape index (κ1) is 16.6. The lowest BCUT2D eigenvalue weighted by Gasteiger charge is -2.13. The minimum Gasteiger partial charge on any atom is -0.349 e. The Morgan fingerprint density at radius 2 is 2.17 bits per heavy atom. The van der Waals surface area contributed by atoms with Gasteiger partial charge in [-0.15, -0.1) is 11.3 Å². The molecule has 3 aromatic heterocycles. The van der Waals surface area contributed by atoms with Crippen LogP contribution in [0.1, 0.15) is 46.9 Å². The highest BCUT2D eigenvalue weighted by Crippen LogP contribution is 2.19. The normalized spacial score (nSPS) is 12.5. The predicted molar refractivity (Wildman–Crippen MR) is 94.2 cm³/mol. The van der Waals surface area contributed by atoms with Crippen LogP contribution in [-0.4, -0.2) is 25.5 Å². The van der Waals surface area contributed by atoms with Gasteiger partial charge in [0.05, 0.1) is 17.2 Å². The summed E-state index contributed by atoms with van der Waals surface area (Å²) in [5.74, 6) is 0.0337. The molecule has 0 aliphatic heterocycles. The number of nitrogens with zero attached hydrogens (tertiary/aromatic N) is 4. The van der Waals surface area contributed by atoms with Gasteiger partial charge in [0, 0.05) is 34.9 Å². The topological polar surface area (TPSA) is 72.2 Å². The van der Waals surface area contributed by atoms with E-state index in [1.165, 1.54) is 0 Å². The summed E-state index contributed by atoms with van der Waals surface area (Å²) in [6.07, 6.45) is 2.88. The number of carbonyl (C=O) groups is 1. The lowest BCUT2D eigenvalue weighted by molar-refractivity contribution is -0.121. The number of hydrogen-bond donors (Lipinski definition) is 1. The Morgan fingerprint density at radius 1 is 1.38 bits per heavy atom. The maximum absolute atomic E-state index is 12.2. The summed E-state index contributed by atoms with van der Waals surface area (Å²) < 4.78 is 1.86. The highest BCUT2D eigenvalue weighted by atomic mass is 32.1. The van der Waals surface area contributed by atoms with E-state index in [2.05, 4.69) is 20.4 Å². The molecule has 0 bridgehead atoms. The van der Waals surface area contributed by atoms with Crippen LogP contribution in [0.5, 0.6) is 0 Å². The first-order valence-electron chi connectivity index (χ1n) is 7.96. The van der Waals surface area contributed by atoms with Crippen molar-refractivity contribution < 1.29 is 4.79 Å². The van der Waals surface area contributed by atoms with Crippen molar-refractivity contribution in [3.8, 4) is 0 Å². The van der Waals surface area contributed by atoms with E-state index < -0.39 is 0 Å². The highest BCUT2D eigenvalue weighted by Gasteiger charge is 2.15. The van der Waals surface area contributed by atoms with Crippen molar-refractivity contribution in [2.24, 2.45) is 0 Å². The van der Waals surface area contributed by atoms with E-state index in [0.29, 0.717) is 12.8 Å². The van der Waals surface area contributed by atoms with Gasteiger partial charge in [0.15, 0.2) is 5.65 Å². The first-order valence-corrected chi connectivity index (χ1v) is 8.84. The van der Waals surface area contributed by atoms with Crippen molar-refractivity contribution in [2.45, 2.75) is 46.6 Å². The van der Waals surface area contributed by atoms with E-state index in [-0.39, 0.29) is 11.9 Å². The number of rotatable bonds is 5. The highest BCUT2D eigenvalue weighted by molar-refractivity contribution is 7.09. The molecule has 0 aliphatic carbocycles. The quantitative estimate of drug-likeness (QED) is 0.773. The Morgan fingerprint density at radius 3 is 2.88 bits per heavy atom. The third-order valence-electron chi connectivity index (χ3n) is 4.14. The third kappa shape index (κ3) is 3.31. The van der Waals surface area contributed by atoms with E-state index in [9.17, 15) is 4.79 Å². The van der Waals surface area contributed by atoms with Crippen molar-refractivity contribution in [1.82, 2.24) is 24.9 Å². The fourth-order valence-electron chi connectivity index (χ4n) is 2.87. The standard InChI is InChI=1S/C17H21N5OS/c1-10-7-16-19-11(2)14(13(4)22(16)21-10)5-6-17(23)20-12(3)15-8-18-9-24-15/h7-9,12H,5-6H2,1-4H3,(H,20,23). The molecule has 0 aromatic carbocycles. The van der Waals surface area contributed by atoms with Gasteiger partial charge in [0.2, 0.25) is 5.91 Å². The van der Waals surface area contributed by atoms with Crippen molar-refractivity contribution in [3.63, 3.8) is 0 Å².